The molecule has 9 heteroatoms. The van der Waals surface area contributed by atoms with Gasteiger partial charge in [-0.05, 0) is 48.6 Å². The van der Waals surface area contributed by atoms with Crippen molar-refractivity contribution in [3.05, 3.63) is 62.9 Å². The van der Waals surface area contributed by atoms with Gasteiger partial charge in [0.05, 0.1) is 27.4 Å². The van der Waals surface area contributed by atoms with Crippen LogP contribution in [0.2, 0.25) is 0 Å². The second-order valence-electron chi connectivity index (χ2n) is 8.69. The van der Waals surface area contributed by atoms with E-state index >= 15 is 0 Å². The van der Waals surface area contributed by atoms with Gasteiger partial charge in [0.25, 0.3) is 5.69 Å². The fraction of sp³-hybridized carbons (Fsp3) is 0.360. The molecular weight excluding hydrogens is 440 g/mol. The van der Waals surface area contributed by atoms with Gasteiger partial charge in [0, 0.05) is 23.6 Å². The number of pyridine rings is 1. The van der Waals surface area contributed by atoms with Crippen molar-refractivity contribution in [3.63, 3.8) is 0 Å². The van der Waals surface area contributed by atoms with Gasteiger partial charge in [0.2, 0.25) is 5.60 Å². The molecule has 0 bridgehead atoms. The highest BCUT2D eigenvalue weighted by molar-refractivity contribution is 6.12. The zero-order chi connectivity index (χ0) is 24.2. The van der Waals surface area contributed by atoms with E-state index in [1.165, 1.54) is 6.07 Å². The predicted octanol–water partition coefficient (Wildman–Crippen LogP) is 3.63. The van der Waals surface area contributed by atoms with Crippen molar-refractivity contribution in [1.29, 1.82) is 0 Å². The molecule has 3 aliphatic rings. The number of hydrogen-bond donors (Lipinski definition) is 0. The van der Waals surface area contributed by atoms with Crippen molar-refractivity contribution >= 4 is 39.9 Å². The van der Waals surface area contributed by atoms with Crippen molar-refractivity contribution in [3.8, 4) is 0 Å². The largest absolute Gasteiger partial charge is 0.457 e. The maximum Gasteiger partial charge on any atom is 0.355 e. The minimum absolute atomic E-state index is 0.0489. The van der Waals surface area contributed by atoms with Crippen LogP contribution in [0.25, 0.3) is 16.5 Å². The van der Waals surface area contributed by atoms with E-state index in [0.717, 1.165) is 5.56 Å². The summed E-state index contributed by atoms with van der Waals surface area (Å²) in [6.45, 7) is 3.35. The summed E-state index contributed by atoms with van der Waals surface area (Å²) in [5.74, 6) is -1.97. The molecule has 2 aliphatic carbocycles. The van der Waals surface area contributed by atoms with Crippen LogP contribution in [-0.2, 0) is 30.3 Å². The van der Waals surface area contributed by atoms with Crippen LogP contribution in [0.15, 0.2) is 41.5 Å². The van der Waals surface area contributed by atoms with Crippen molar-refractivity contribution in [2.45, 2.75) is 45.1 Å². The average Bonchev–Trinajstić information content (AvgIpc) is 3.17. The topological polar surface area (TPSA) is 126 Å². The Morgan fingerprint density at radius 3 is 2.82 bits per heavy atom. The molecule has 1 unspecified atom stereocenters. The number of benzene rings is 1. The monoisotopic (exact) mass is 462 g/mol. The molecule has 1 aromatic carbocycles. The molecule has 174 valence electrons. The number of ether oxygens (including phenoxy) is 2. The van der Waals surface area contributed by atoms with Crippen LogP contribution >= 0.6 is 0 Å². The number of ketones is 1. The highest BCUT2D eigenvalue weighted by Gasteiger charge is 2.53. The molecule has 34 heavy (non-hydrogen) atoms. The van der Waals surface area contributed by atoms with Gasteiger partial charge in [-0.15, -0.1) is 0 Å². The fourth-order valence-electron chi connectivity index (χ4n) is 5.10. The first-order chi connectivity index (χ1) is 16.3. The van der Waals surface area contributed by atoms with Gasteiger partial charge in [-0.1, -0.05) is 19.9 Å². The number of cyclic esters (lactones) is 1. The molecule has 1 aromatic heterocycles. The Kier molecular flexibility index (Phi) is 5.07. The van der Waals surface area contributed by atoms with Gasteiger partial charge in [-0.25, -0.2) is 9.78 Å². The molecular formula is C25H22N2O7. The van der Waals surface area contributed by atoms with E-state index in [1.54, 1.807) is 31.2 Å². The molecule has 2 atom stereocenters. The van der Waals surface area contributed by atoms with Crippen LogP contribution in [-0.4, -0.2) is 39.8 Å². The number of rotatable bonds is 5. The van der Waals surface area contributed by atoms with E-state index in [4.69, 9.17) is 9.47 Å². The number of nitrogens with zero attached hydrogens (tertiary/aromatic N) is 2. The number of nitro groups is 1. The van der Waals surface area contributed by atoms with Gasteiger partial charge >= 0.3 is 11.9 Å². The van der Waals surface area contributed by atoms with E-state index in [1.807, 2.05) is 6.92 Å². The standard InChI is InChI=1S/C25H22N2O7/c1-3-6-21(28)34-25(4-2)18-11-14-15(23(29)17(18)12-33-24(25)30)9-13-10-16-19(26-22(13)14)7-5-8-20(16)27(31)32/h5,7-8,10-11,15H,3-4,6,9,12H2,1-2H3/t15?,25-/m0/s1. The smallest absolute Gasteiger partial charge is 0.355 e. The minimum atomic E-state index is -1.69. The van der Waals surface area contributed by atoms with Gasteiger partial charge in [-0.2, -0.15) is 0 Å². The fourth-order valence-corrected chi connectivity index (χ4v) is 5.10. The zero-order valence-corrected chi connectivity index (χ0v) is 18.8. The summed E-state index contributed by atoms with van der Waals surface area (Å²) in [5, 5.41) is 11.9. The summed E-state index contributed by atoms with van der Waals surface area (Å²) in [6, 6.07) is 6.40. The van der Waals surface area contributed by atoms with Crippen molar-refractivity contribution in [1.82, 2.24) is 4.98 Å². The maximum absolute atomic E-state index is 13.5. The molecule has 2 heterocycles. The molecule has 1 aliphatic heterocycles. The molecule has 0 N–H and O–H groups in total. The Bertz CT molecular complexity index is 1360. The van der Waals surface area contributed by atoms with Gasteiger partial charge in [-0.3, -0.25) is 19.7 Å². The molecule has 0 saturated heterocycles. The van der Waals surface area contributed by atoms with Gasteiger partial charge in [0.1, 0.15) is 6.61 Å². The van der Waals surface area contributed by atoms with E-state index in [-0.39, 0.29) is 30.9 Å². The Labute approximate surface area is 194 Å². The summed E-state index contributed by atoms with van der Waals surface area (Å²) in [5.41, 5.74) is 1.31. The SMILES string of the molecule is CCCC(=O)O[C@]1(CC)C(=O)OCC2=C1C=C1c3nc4cccc([N+](=O)[O-])c4cc3CC1C2=O. The highest BCUT2D eigenvalue weighted by atomic mass is 16.6. The molecule has 0 amide bonds. The third kappa shape index (κ3) is 3.07. The normalized spacial score (nSPS) is 23.1. The summed E-state index contributed by atoms with van der Waals surface area (Å²) in [4.78, 5) is 54.5. The van der Waals surface area contributed by atoms with E-state index in [9.17, 15) is 24.5 Å². The molecule has 5 rings (SSSR count). The number of carbonyl (C=O) groups is 3. The van der Waals surface area contributed by atoms with Crippen molar-refractivity contribution < 1.29 is 28.8 Å². The first kappa shape index (κ1) is 21.9. The van der Waals surface area contributed by atoms with Crippen LogP contribution in [0.3, 0.4) is 0 Å². The minimum Gasteiger partial charge on any atom is -0.457 e. The van der Waals surface area contributed by atoms with Crippen LogP contribution in [0.4, 0.5) is 5.69 Å². The Hall–Kier alpha value is -3.88. The number of non-ortho nitro benzene ring substituents is 1. The third-order valence-electron chi connectivity index (χ3n) is 6.78. The Balaban J connectivity index is 1.67. The lowest BCUT2D eigenvalue weighted by Gasteiger charge is -2.38. The van der Waals surface area contributed by atoms with Crippen molar-refractivity contribution in [2.24, 2.45) is 5.92 Å². The van der Waals surface area contributed by atoms with Crippen molar-refractivity contribution in [2.75, 3.05) is 6.61 Å². The average molecular weight is 462 g/mol. The molecule has 0 fully saturated rings. The lowest BCUT2D eigenvalue weighted by atomic mass is 9.75. The Morgan fingerprint density at radius 2 is 2.12 bits per heavy atom. The van der Waals surface area contributed by atoms with E-state index in [2.05, 4.69) is 4.98 Å². The number of esters is 2. The lowest BCUT2D eigenvalue weighted by Crippen LogP contribution is -2.51. The first-order valence-corrected chi connectivity index (χ1v) is 11.3. The first-order valence-electron chi connectivity index (χ1n) is 11.3. The Morgan fingerprint density at radius 1 is 1.32 bits per heavy atom. The summed E-state index contributed by atoms with van der Waals surface area (Å²) in [6.07, 6.45) is 2.89. The number of Topliss-reactive ketones (excluding diaryl/α,β-unsaturated/α-hetero) is 1. The highest BCUT2D eigenvalue weighted by Crippen LogP contribution is 2.48. The van der Waals surface area contributed by atoms with Crippen LogP contribution < -0.4 is 0 Å². The molecule has 2 aromatic rings. The molecule has 0 spiro atoms. The van der Waals surface area contributed by atoms with Gasteiger partial charge in [0.15, 0.2) is 5.78 Å². The van der Waals surface area contributed by atoms with E-state index < -0.39 is 28.4 Å². The molecule has 9 nitrogen and oxygen atoms in total. The van der Waals surface area contributed by atoms with Crippen LogP contribution in [0.5, 0.6) is 0 Å². The third-order valence-corrected chi connectivity index (χ3v) is 6.78. The van der Waals surface area contributed by atoms with E-state index in [0.29, 0.717) is 46.2 Å². The number of aromatic nitrogens is 1. The van der Waals surface area contributed by atoms with Crippen LogP contribution in [0.1, 0.15) is 44.4 Å². The summed E-state index contributed by atoms with van der Waals surface area (Å²) < 4.78 is 11.0. The summed E-state index contributed by atoms with van der Waals surface area (Å²) in [7, 11) is 0. The number of allylic oxidation sites excluding steroid dienone is 1. The lowest BCUT2D eigenvalue weighted by molar-refractivity contribution is -0.383. The number of hydrogen-bond acceptors (Lipinski definition) is 8. The predicted molar refractivity (Wildman–Crippen MR) is 121 cm³/mol. The second-order valence-corrected chi connectivity index (χ2v) is 8.69. The van der Waals surface area contributed by atoms with Crippen LogP contribution in [0, 0.1) is 16.0 Å². The zero-order valence-electron chi connectivity index (χ0n) is 18.8. The molecule has 0 saturated carbocycles. The maximum atomic E-state index is 13.5. The number of carbonyl (C=O) groups excluding carboxylic acids is 3. The number of fused-ring (bicyclic) bond motifs is 4. The number of nitro benzene ring substituents is 1. The quantitative estimate of drug-likeness (QED) is 0.375. The summed E-state index contributed by atoms with van der Waals surface area (Å²) >= 11 is 0. The van der Waals surface area contributed by atoms with Gasteiger partial charge < -0.3 is 9.47 Å². The molecule has 0 radical (unpaired) electrons. The second kappa shape index (κ2) is 7.86.